The fourth-order valence-corrected chi connectivity index (χ4v) is 2.51. The molecule has 0 aromatic heterocycles. The zero-order valence-electron chi connectivity index (χ0n) is 12.8. The van der Waals surface area contributed by atoms with Crippen LogP contribution in [-0.4, -0.2) is 19.3 Å². The third kappa shape index (κ3) is 3.37. The standard InChI is InChI=1S/C18H22O3/c1-4-7-13-8-5-9-14(12-13)17(19)15-10-6-11-16(20-2)18(15)21-3/h5-6,8-12,17,19H,4,7H2,1-3H3. The summed E-state index contributed by atoms with van der Waals surface area (Å²) in [6.45, 7) is 2.15. The van der Waals surface area contributed by atoms with E-state index in [9.17, 15) is 5.11 Å². The number of rotatable bonds is 6. The molecule has 0 amide bonds. The van der Waals surface area contributed by atoms with E-state index < -0.39 is 6.10 Å². The molecule has 0 radical (unpaired) electrons. The number of hydrogen-bond donors (Lipinski definition) is 1. The first kappa shape index (κ1) is 15.4. The molecule has 1 atom stereocenters. The van der Waals surface area contributed by atoms with Crippen LogP contribution >= 0.6 is 0 Å². The van der Waals surface area contributed by atoms with Gasteiger partial charge in [-0.3, -0.25) is 0 Å². The van der Waals surface area contributed by atoms with Gasteiger partial charge in [0, 0.05) is 5.56 Å². The maximum absolute atomic E-state index is 10.7. The predicted octanol–water partition coefficient (Wildman–Crippen LogP) is 3.74. The van der Waals surface area contributed by atoms with Crippen molar-refractivity contribution in [2.45, 2.75) is 25.9 Å². The Hall–Kier alpha value is -2.00. The molecule has 0 aliphatic heterocycles. The average molecular weight is 286 g/mol. The van der Waals surface area contributed by atoms with Crippen LogP contribution in [-0.2, 0) is 6.42 Å². The van der Waals surface area contributed by atoms with Crippen molar-refractivity contribution in [2.75, 3.05) is 14.2 Å². The number of methoxy groups -OCH3 is 2. The van der Waals surface area contributed by atoms with E-state index in [0.29, 0.717) is 17.1 Å². The van der Waals surface area contributed by atoms with Gasteiger partial charge in [0.1, 0.15) is 6.10 Å². The Kier molecular flexibility index (Phi) is 5.23. The SMILES string of the molecule is CCCc1cccc(C(O)c2cccc(OC)c2OC)c1. The molecule has 0 bridgehead atoms. The molecule has 0 spiro atoms. The molecule has 0 heterocycles. The van der Waals surface area contributed by atoms with E-state index in [1.165, 1.54) is 5.56 Å². The first-order valence-electron chi connectivity index (χ1n) is 7.19. The third-order valence-corrected chi connectivity index (χ3v) is 3.53. The molecular weight excluding hydrogens is 264 g/mol. The van der Waals surface area contributed by atoms with E-state index in [1.807, 2.05) is 36.4 Å². The van der Waals surface area contributed by atoms with Gasteiger partial charge in [0.25, 0.3) is 0 Å². The highest BCUT2D eigenvalue weighted by molar-refractivity contribution is 5.50. The van der Waals surface area contributed by atoms with Gasteiger partial charge in [-0.05, 0) is 23.6 Å². The molecule has 1 unspecified atom stereocenters. The summed E-state index contributed by atoms with van der Waals surface area (Å²) in [5.41, 5.74) is 2.81. The fourth-order valence-electron chi connectivity index (χ4n) is 2.51. The number of aliphatic hydroxyl groups is 1. The minimum atomic E-state index is -0.730. The highest BCUT2D eigenvalue weighted by Crippen LogP contribution is 2.37. The summed E-state index contributed by atoms with van der Waals surface area (Å²) in [7, 11) is 3.18. The molecule has 0 fully saturated rings. The molecule has 3 heteroatoms. The van der Waals surface area contributed by atoms with Crippen LogP contribution in [0.3, 0.4) is 0 Å². The van der Waals surface area contributed by atoms with Crippen LogP contribution in [0.25, 0.3) is 0 Å². The molecule has 21 heavy (non-hydrogen) atoms. The number of benzene rings is 2. The van der Waals surface area contributed by atoms with Crippen LogP contribution in [0.15, 0.2) is 42.5 Å². The minimum Gasteiger partial charge on any atom is -0.493 e. The minimum absolute atomic E-state index is 0.577. The number of hydrogen-bond acceptors (Lipinski definition) is 3. The van der Waals surface area contributed by atoms with Crippen molar-refractivity contribution in [1.82, 2.24) is 0 Å². The lowest BCUT2D eigenvalue weighted by atomic mass is 9.97. The van der Waals surface area contributed by atoms with Gasteiger partial charge in [-0.1, -0.05) is 49.7 Å². The summed E-state index contributed by atoms with van der Waals surface area (Å²) >= 11 is 0. The lowest BCUT2D eigenvalue weighted by Gasteiger charge is -2.18. The van der Waals surface area contributed by atoms with Crippen LogP contribution in [0.4, 0.5) is 0 Å². The second kappa shape index (κ2) is 7.14. The monoisotopic (exact) mass is 286 g/mol. The Morgan fingerprint density at radius 3 is 2.48 bits per heavy atom. The van der Waals surface area contributed by atoms with Crippen LogP contribution in [0, 0.1) is 0 Å². The smallest absolute Gasteiger partial charge is 0.166 e. The number of aliphatic hydroxyl groups excluding tert-OH is 1. The van der Waals surface area contributed by atoms with Gasteiger partial charge in [-0.2, -0.15) is 0 Å². The van der Waals surface area contributed by atoms with E-state index in [0.717, 1.165) is 18.4 Å². The van der Waals surface area contributed by atoms with Crippen LogP contribution < -0.4 is 9.47 Å². The zero-order chi connectivity index (χ0) is 15.2. The maximum atomic E-state index is 10.7. The van der Waals surface area contributed by atoms with Crippen molar-refractivity contribution in [2.24, 2.45) is 0 Å². The summed E-state index contributed by atoms with van der Waals surface area (Å²) in [4.78, 5) is 0. The summed E-state index contributed by atoms with van der Waals surface area (Å²) in [5, 5.41) is 10.7. The highest BCUT2D eigenvalue weighted by Gasteiger charge is 2.18. The fraction of sp³-hybridized carbons (Fsp3) is 0.333. The summed E-state index contributed by atoms with van der Waals surface area (Å²) in [5.74, 6) is 1.20. The molecule has 2 rings (SSSR count). The third-order valence-electron chi connectivity index (χ3n) is 3.53. The Balaban J connectivity index is 2.39. The number of para-hydroxylation sites is 1. The Labute approximate surface area is 126 Å². The molecule has 2 aromatic carbocycles. The van der Waals surface area contributed by atoms with Crippen molar-refractivity contribution in [3.8, 4) is 11.5 Å². The average Bonchev–Trinajstić information content (AvgIpc) is 2.53. The Morgan fingerprint density at radius 2 is 1.81 bits per heavy atom. The molecule has 0 saturated carbocycles. The van der Waals surface area contributed by atoms with E-state index in [4.69, 9.17) is 9.47 Å². The lowest BCUT2D eigenvalue weighted by molar-refractivity contribution is 0.213. The van der Waals surface area contributed by atoms with E-state index in [-0.39, 0.29) is 0 Å². The zero-order valence-corrected chi connectivity index (χ0v) is 12.8. The van der Waals surface area contributed by atoms with Crippen LogP contribution in [0.1, 0.15) is 36.1 Å². The van der Waals surface area contributed by atoms with Gasteiger partial charge in [-0.25, -0.2) is 0 Å². The van der Waals surface area contributed by atoms with E-state index >= 15 is 0 Å². The molecule has 0 aliphatic carbocycles. The quantitative estimate of drug-likeness (QED) is 0.879. The largest absolute Gasteiger partial charge is 0.493 e. The number of aryl methyl sites for hydroxylation is 1. The molecule has 0 aliphatic rings. The van der Waals surface area contributed by atoms with Gasteiger partial charge < -0.3 is 14.6 Å². The van der Waals surface area contributed by atoms with Gasteiger partial charge in [0.15, 0.2) is 11.5 Å². The molecule has 3 nitrogen and oxygen atoms in total. The summed E-state index contributed by atoms with van der Waals surface area (Å²) in [6.07, 6.45) is 1.37. The second-order valence-electron chi connectivity index (χ2n) is 4.98. The Morgan fingerprint density at radius 1 is 1.05 bits per heavy atom. The summed E-state index contributed by atoms with van der Waals surface area (Å²) in [6, 6.07) is 13.6. The van der Waals surface area contributed by atoms with Gasteiger partial charge in [-0.15, -0.1) is 0 Å². The molecule has 1 N–H and O–H groups in total. The van der Waals surface area contributed by atoms with Crippen LogP contribution in [0.2, 0.25) is 0 Å². The van der Waals surface area contributed by atoms with Gasteiger partial charge in [0.2, 0.25) is 0 Å². The lowest BCUT2D eigenvalue weighted by Crippen LogP contribution is -2.04. The molecular formula is C18H22O3. The first-order valence-corrected chi connectivity index (χ1v) is 7.19. The highest BCUT2D eigenvalue weighted by atomic mass is 16.5. The van der Waals surface area contributed by atoms with Crippen molar-refractivity contribution >= 4 is 0 Å². The first-order chi connectivity index (χ1) is 10.2. The maximum Gasteiger partial charge on any atom is 0.166 e. The molecule has 112 valence electrons. The molecule has 0 saturated heterocycles. The van der Waals surface area contributed by atoms with Crippen molar-refractivity contribution in [3.63, 3.8) is 0 Å². The Bertz CT molecular complexity index is 593. The second-order valence-corrected chi connectivity index (χ2v) is 4.98. The molecule has 2 aromatic rings. The van der Waals surface area contributed by atoms with Crippen molar-refractivity contribution < 1.29 is 14.6 Å². The van der Waals surface area contributed by atoms with Crippen molar-refractivity contribution in [1.29, 1.82) is 0 Å². The van der Waals surface area contributed by atoms with E-state index in [1.54, 1.807) is 14.2 Å². The van der Waals surface area contributed by atoms with Crippen molar-refractivity contribution in [3.05, 3.63) is 59.2 Å². The predicted molar refractivity (Wildman–Crippen MR) is 84.0 cm³/mol. The normalized spacial score (nSPS) is 12.0. The van der Waals surface area contributed by atoms with Gasteiger partial charge >= 0.3 is 0 Å². The van der Waals surface area contributed by atoms with E-state index in [2.05, 4.69) is 13.0 Å². The topological polar surface area (TPSA) is 38.7 Å². The summed E-state index contributed by atoms with van der Waals surface area (Å²) < 4.78 is 10.7. The van der Waals surface area contributed by atoms with Gasteiger partial charge in [0.05, 0.1) is 14.2 Å². The van der Waals surface area contributed by atoms with Crippen LogP contribution in [0.5, 0.6) is 11.5 Å². The number of ether oxygens (including phenoxy) is 2.